The molecule has 0 radical (unpaired) electrons. The van der Waals surface area contributed by atoms with Crippen LogP contribution >= 0.6 is 0 Å². The second-order valence-corrected chi connectivity index (χ2v) is 6.24. The number of nitrogens with one attached hydrogen (secondary N) is 1. The van der Waals surface area contributed by atoms with Crippen LogP contribution < -0.4 is 10.1 Å². The molecule has 1 aliphatic heterocycles. The van der Waals surface area contributed by atoms with Crippen LogP contribution in [0.1, 0.15) is 29.0 Å². The van der Waals surface area contributed by atoms with Gasteiger partial charge in [0.05, 0.1) is 7.11 Å². The summed E-state index contributed by atoms with van der Waals surface area (Å²) in [6.45, 7) is 2.85. The number of benzene rings is 2. The van der Waals surface area contributed by atoms with Gasteiger partial charge in [0.1, 0.15) is 5.75 Å². The molecule has 1 N–H and O–H groups in total. The lowest BCUT2D eigenvalue weighted by atomic mass is 9.84. The third kappa shape index (κ3) is 2.24. The lowest BCUT2D eigenvalue weighted by molar-refractivity contribution is -0.118. The number of methoxy groups -OCH3 is 1. The minimum atomic E-state index is 0.0794. The van der Waals surface area contributed by atoms with Gasteiger partial charge in [0.25, 0.3) is 0 Å². The molecule has 2 aromatic rings. The molecule has 1 aliphatic carbocycles. The van der Waals surface area contributed by atoms with Gasteiger partial charge in [0, 0.05) is 18.0 Å². The number of carbonyl (C=O) groups excluding carboxylic acids is 1. The van der Waals surface area contributed by atoms with Gasteiger partial charge in [0.15, 0.2) is 0 Å². The SMILES string of the molecule is COc1ccc(-c2cc(C)cc3c2C2CCNC(=O)C2=C3)cc1. The number of fused-ring (bicyclic) bond motifs is 3. The molecule has 4 rings (SSSR count). The fraction of sp³-hybridized carbons (Fsp3) is 0.250. The van der Waals surface area contributed by atoms with Crippen molar-refractivity contribution in [1.82, 2.24) is 5.32 Å². The first kappa shape index (κ1) is 14.1. The van der Waals surface area contributed by atoms with Gasteiger partial charge in [-0.2, -0.15) is 0 Å². The molecule has 116 valence electrons. The molecule has 0 spiro atoms. The van der Waals surface area contributed by atoms with Gasteiger partial charge >= 0.3 is 0 Å². The Bertz CT molecular complexity index is 818. The van der Waals surface area contributed by atoms with Crippen molar-refractivity contribution in [1.29, 1.82) is 0 Å². The summed E-state index contributed by atoms with van der Waals surface area (Å²) >= 11 is 0. The molecule has 1 heterocycles. The summed E-state index contributed by atoms with van der Waals surface area (Å²) in [6, 6.07) is 12.6. The normalized spacial score (nSPS) is 18.8. The highest BCUT2D eigenvalue weighted by molar-refractivity contribution is 6.03. The molecule has 23 heavy (non-hydrogen) atoms. The van der Waals surface area contributed by atoms with Gasteiger partial charge in [-0.05, 0) is 59.4 Å². The summed E-state index contributed by atoms with van der Waals surface area (Å²) in [5.74, 6) is 1.15. The standard InChI is InChI=1S/C20H19NO2/c1-12-9-14-11-18-16(7-8-21-20(18)22)19(14)17(10-12)13-3-5-15(23-2)6-4-13/h3-6,9-11,16H,7-8H2,1-2H3,(H,21,22). The minimum Gasteiger partial charge on any atom is -0.497 e. The van der Waals surface area contributed by atoms with E-state index in [1.165, 1.54) is 27.8 Å². The van der Waals surface area contributed by atoms with Crippen molar-refractivity contribution in [3.8, 4) is 16.9 Å². The first-order valence-electron chi connectivity index (χ1n) is 7.96. The fourth-order valence-corrected chi connectivity index (χ4v) is 3.72. The molecule has 0 saturated carbocycles. The zero-order chi connectivity index (χ0) is 16.0. The lowest BCUT2D eigenvalue weighted by Gasteiger charge is -2.24. The maximum Gasteiger partial charge on any atom is 0.247 e. The summed E-state index contributed by atoms with van der Waals surface area (Å²) in [7, 11) is 1.68. The van der Waals surface area contributed by atoms with Crippen LogP contribution in [-0.2, 0) is 4.79 Å². The van der Waals surface area contributed by atoms with Crippen LogP contribution in [-0.4, -0.2) is 19.6 Å². The van der Waals surface area contributed by atoms with Crippen molar-refractivity contribution < 1.29 is 9.53 Å². The number of ether oxygens (including phenoxy) is 1. The van der Waals surface area contributed by atoms with Crippen LogP contribution in [0.3, 0.4) is 0 Å². The van der Waals surface area contributed by atoms with Gasteiger partial charge in [0.2, 0.25) is 5.91 Å². The highest BCUT2D eigenvalue weighted by Crippen LogP contribution is 2.45. The van der Waals surface area contributed by atoms with Gasteiger partial charge in [-0.3, -0.25) is 4.79 Å². The highest BCUT2D eigenvalue weighted by atomic mass is 16.5. The summed E-state index contributed by atoms with van der Waals surface area (Å²) in [5.41, 5.74) is 7.01. The maximum absolute atomic E-state index is 12.2. The van der Waals surface area contributed by atoms with E-state index in [1.807, 2.05) is 12.1 Å². The van der Waals surface area contributed by atoms with Crippen molar-refractivity contribution in [2.45, 2.75) is 19.3 Å². The molecule has 2 aliphatic rings. The number of hydrogen-bond donors (Lipinski definition) is 1. The highest BCUT2D eigenvalue weighted by Gasteiger charge is 2.34. The van der Waals surface area contributed by atoms with Crippen molar-refractivity contribution in [2.75, 3.05) is 13.7 Å². The predicted octanol–water partition coefficient (Wildman–Crippen LogP) is 3.67. The van der Waals surface area contributed by atoms with Crippen LogP contribution in [0.2, 0.25) is 0 Å². The van der Waals surface area contributed by atoms with E-state index in [0.29, 0.717) is 0 Å². The van der Waals surface area contributed by atoms with E-state index in [0.717, 1.165) is 24.3 Å². The number of piperidine rings is 1. The van der Waals surface area contributed by atoms with Crippen LogP contribution in [0.4, 0.5) is 0 Å². The summed E-state index contributed by atoms with van der Waals surface area (Å²) in [6.07, 6.45) is 3.03. The molecular formula is C20H19NO2. The van der Waals surface area contributed by atoms with Gasteiger partial charge < -0.3 is 10.1 Å². The largest absolute Gasteiger partial charge is 0.497 e. The Morgan fingerprint density at radius 1 is 1.17 bits per heavy atom. The number of rotatable bonds is 2. The minimum absolute atomic E-state index is 0.0794. The fourth-order valence-electron chi connectivity index (χ4n) is 3.72. The third-order valence-corrected chi connectivity index (χ3v) is 4.77. The Labute approximate surface area is 136 Å². The number of amides is 1. The van der Waals surface area contributed by atoms with Gasteiger partial charge in [-0.1, -0.05) is 24.3 Å². The monoisotopic (exact) mass is 305 g/mol. The zero-order valence-electron chi connectivity index (χ0n) is 13.3. The molecule has 1 unspecified atom stereocenters. The third-order valence-electron chi connectivity index (χ3n) is 4.77. The Balaban J connectivity index is 1.86. The first-order valence-corrected chi connectivity index (χ1v) is 7.96. The topological polar surface area (TPSA) is 38.3 Å². The van der Waals surface area contributed by atoms with E-state index in [1.54, 1.807) is 7.11 Å². The molecule has 0 bridgehead atoms. The second kappa shape index (κ2) is 5.27. The predicted molar refractivity (Wildman–Crippen MR) is 91.5 cm³/mol. The van der Waals surface area contributed by atoms with Gasteiger partial charge in [-0.15, -0.1) is 0 Å². The number of hydrogen-bond acceptors (Lipinski definition) is 2. The smallest absolute Gasteiger partial charge is 0.247 e. The molecule has 1 saturated heterocycles. The Kier molecular flexibility index (Phi) is 3.22. The number of carbonyl (C=O) groups is 1. The van der Waals surface area contributed by atoms with Crippen molar-refractivity contribution in [3.05, 3.63) is 58.7 Å². The molecule has 2 aromatic carbocycles. The average Bonchev–Trinajstić information content (AvgIpc) is 2.94. The lowest BCUT2D eigenvalue weighted by Crippen LogP contribution is -2.33. The molecule has 1 fully saturated rings. The molecule has 0 aromatic heterocycles. The van der Waals surface area contributed by atoms with E-state index in [2.05, 4.69) is 42.6 Å². The second-order valence-electron chi connectivity index (χ2n) is 6.24. The Hall–Kier alpha value is -2.55. The summed E-state index contributed by atoms with van der Waals surface area (Å²) < 4.78 is 5.26. The van der Waals surface area contributed by atoms with Gasteiger partial charge in [-0.25, -0.2) is 0 Å². The summed E-state index contributed by atoms with van der Waals surface area (Å²) in [5, 5.41) is 2.95. The van der Waals surface area contributed by atoms with E-state index >= 15 is 0 Å². The maximum atomic E-state index is 12.2. The Morgan fingerprint density at radius 3 is 2.70 bits per heavy atom. The molecule has 3 heteroatoms. The van der Waals surface area contributed by atoms with E-state index in [4.69, 9.17) is 4.74 Å². The average molecular weight is 305 g/mol. The van der Waals surface area contributed by atoms with E-state index in [-0.39, 0.29) is 11.8 Å². The van der Waals surface area contributed by atoms with Crippen molar-refractivity contribution in [3.63, 3.8) is 0 Å². The summed E-state index contributed by atoms with van der Waals surface area (Å²) in [4.78, 5) is 12.2. The van der Waals surface area contributed by atoms with Crippen LogP contribution in [0.25, 0.3) is 17.2 Å². The zero-order valence-corrected chi connectivity index (χ0v) is 13.3. The molecule has 1 atom stereocenters. The van der Waals surface area contributed by atoms with Crippen LogP contribution in [0.5, 0.6) is 5.75 Å². The van der Waals surface area contributed by atoms with Crippen molar-refractivity contribution in [2.24, 2.45) is 0 Å². The molecule has 3 nitrogen and oxygen atoms in total. The quantitative estimate of drug-likeness (QED) is 0.919. The van der Waals surface area contributed by atoms with Crippen LogP contribution in [0, 0.1) is 6.92 Å². The van der Waals surface area contributed by atoms with E-state index < -0.39 is 0 Å². The van der Waals surface area contributed by atoms with Crippen LogP contribution in [0.15, 0.2) is 42.0 Å². The molecular weight excluding hydrogens is 286 g/mol. The molecule has 1 amide bonds. The Morgan fingerprint density at radius 2 is 1.96 bits per heavy atom. The number of aryl methyl sites for hydroxylation is 1. The first-order chi connectivity index (χ1) is 11.2. The van der Waals surface area contributed by atoms with Crippen molar-refractivity contribution >= 4 is 12.0 Å². The van der Waals surface area contributed by atoms with E-state index in [9.17, 15) is 4.79 Å².